The number of benzene rings is 1. The quantitative estimate of drug-likeness (QED) is 0.697. The molecule has 0 spiro atoms. The molecule has 0 aliphatic heterocycles. The highest BCUT2D eigenvalue weighted by Crippen LogP contribution is 2.02. The first kappa shape index (κ1) is 14.5. The number of carbonyl (C=O) groups excluding carboxylic acids is 1. The molecule has 0 aliphatic rings. The van der Waals surface area contributed by atoms with Crippen LogP contribution in [-0.4, -0.2) is 23.1 Å². The van der Waals surface area contributed by atoms with E-state index >= 15 is 0 Å². The molecule has 5 nitrogen and oxygen atoms in total. The average molecular weight is 264 g/mol. The van der Waals surface area contributed by atoms with Gasteiger partial charge in [-0.2, -0.15) is 0 Å². The summed E-state index contributed by atoms with van der Waals surface area (Å²) in [7, 11) is 0. The second-order valence-electron chi connectivity index (χ2n) is 3.76. The maximum absolute atomic E-state index is 12.9. The van der Waals surface area contributed by atoms with E-state index in [2.05, 4.69) is 16.6 Å². The summed E-state index contributed by atoms with van der Waals surface area (Å²) < 4.78 is 12.9. The average Bonchev–Trinajstić information content (AvgIpc) is 2.36. The van der Waals surface area contributed by atoms with Crippen molar-refractivity contribution in [2.75, 3.05) is 0 Å². The second-order valence-corrected chi connectivity index (χ2v) is 3.76. The third-order valence-electron chi connectivity index (χ3n) is 2.27. The lowest BCUT2D eigenvalue weighted by molar-refractivity contribution is -0.139. The van der Waals surface area contributed by atoms with Gasteiger partial charge >= 0.3 is 12.0 Å². The number of hydrogen-bond donors (Lipinski definition) is 3. The van der Waals surface area contributed by atoms with Gasteiger partial charge in [-0.05, 0) is 17.7 Å². The molecule has 1 aromatic carbocycles. The molecule has 0 saturated heterocycles. The van der Waals surface area contributed by atoms with Crippen LogP contribution < -0.4 is 10.6 Å². The van der Waals surface area contributed by atoms with Gasteiger partial charge in [0.2, 0.25) is 0 Å². The fraction of sp³-hybridized carbons (Fsp3) is 0.231. The summed E-state index contributed by atoms with van der Waals surface area (Å²) in [5.41, 5.74) is 0.568. The van der Waals surface area contributed by atoms with Crippen LogP contribution in [0.1, 0.15) is 12.0 Å². The summed E-state index contributed by atoms with van der Waals surface area (Å²) >= 11 is 0. The molecule has 0 aromatic heterocycles. The van der Waals surface area contributed by atoms with Crippen molar-refractivity contribution in [3.8, 4) is 12.3 Å². The Kier molecular flexibility index (Phi) is 5.35. The molecule has 1 aromatic rings. The molecule has 0 saturated carbocycles. The van der Waals surface area contributed by atoms with E-state index in [0.29, 0.717) is 5.56 Å². The van der Waals surface area contributed by atoms with Crippen molar-refractivity contribution in [2.45, 2.75) is 19.0 Å². The van der Waals surface area contributed by atoms with Crippen molar-refractivity contribution in [1.82, 2.24) is 10.6 Å². The van der Waals surface area contributed by atoms with Crippen molar-refractivity contribution in [3.05, 3.63) is 35.6 Å². The molecule has 3 N–H and O–H groups in total. The fourth-order valence-corrected chi connectivity index (χ4v) is 1.36. The molecule has 0 fully saturated rings. The molecule has 2 amide bonds. The van der Waals surface area contributed by atoms with Gasteiger partial charge in [-0.1, -0.05) is 12.1 Å². The largest absolute Gasteiger partial charge is 0.480 e. The Labute approximate surface area is 109 Å². The smallest absolute Gasteiger partial charge is 0.327 e. The lowest BCUT2D eigenvalue weighted by atomic mass is 10.2. The Balaban J connectivity index is 2.47. The van der Waals surface area contributed by atoms with Crippen LogP contribution in [0.4, 0.5) is 9.18 Å². The normalized spacial score (nSPS) is 11.2. The lowest BCUT2D eigenvalue weighted by Gasteiger charge is -2.12. The number of terminal acetylenes is 1. The van der Waals surface area contributed by atoms with Crippen molar-refractivity contribution in [2.24, 2.45) is 0 Å². The Bertz CT molecular complexity index is 511. The monoisotopic (exact) mass is 264 g/mol. The van der Waals surface area contributed by atoms with Crippen LogP contribution >= 0.6 is 0 Å². The summed E-state index contributed by atoms with van der Waals surface area (Å²) in [5, 5.41) is 13.4. The first-order valence-electron chi connectivity index (χ1n) is 5.48. The van der Waals surface area contributed by atoms with Crippen LogP contribution in [0.5, 0.6) is 0 Å². The number of aliphatic carboxylic acids is 1. The molecule has 19 heavy (non-hydrogen) atoms. The molecule has 1 unspecified atom stereocenters. The molecule has 1 atom stereocenters. The minimum absolute atomic E-state index is 0.0893. The SMILES string of the molecule is C#CCC(NC(=O)NCc1cccc(F)c1)C(=O)O. The zero-order valence-corrected chi connectivity index (χ0v) is 10.0. The molecule has 0 heterocycles. The van der Waals surface area contributed by atoms with Gasteiger partial charge in [-0.25, -0.2) is 14.0 Å². The molecule has 0 bridgehead atoms. The van der Waals surface area contributed by atoms with E-state index in [4.69, 9.17) is 11.5 Å². The molecule has 0 aliphatic carbocycles. The number of halogens is 1. The number of nitrogens with one attached hydrogen (secondary N) is 2. The van der Waals surface area contributed by atoms with Crippen molar-refractivity contribution >= 4 is 12.0 Å². The highest BCUT2D eigenvalue weighted by molar-refractivity contribution is 5.82. The number of hydrogen-bond acceptors (Lipinski definition) is 2. The molecule has 1 rings (SSSR count). The van der Waals surface area contributed by atoms with Crippen LogP contribution in [-0.2, 0) is 11.3 Å². The second kappa shape index (κ2) is 7.01. The van der Waals surface area contributed by atoms with E-state index < -0.39 is 23.9 Å². The topological polar surface area (TPSA) is 78.4 Å². The first-order chi connectivity index (χ1) is 9.02. The van der Waals surface area contributed by atoms with Crippen LogP contribution in [0.15, 0.2) is 24.3 Å². The number of carbonyl (C=O) groups is 2. The van der Waals surface area contributed by atoms with Crippen molar-refractivity contribution in [1.29, 1.82) is 0 Å². The van der Waals surface area contributed by atoms with E-state index in [9.17, 15) is 14.0 Å². The van der Waals surface area contributed by atoms with Crippen molar-refractivity contribution < 1.29 is 19.1 Å². The number of carboxylic acids is 1. The van der Waals surface area contributed by atoms with Crippen molar-refractivity contribution in [3.63, 3.8) is 0 Å². The zero-order valence-electron chi connectivity index (χ0n) is 10.0. The third-order valence-corrected chi connectivity index (χ3v) is 2.27. The summed E-state index contributed by atoms with van der Waals surface area (Å²) in [6.45, 7) is 0.0893. The lowest BCUT2D eigenvalue weighted by Crippen LogP contribution is -2.45. The van der Waals surface area contributed by atoms with Crippen LogP contribution in [0, 0.1) is 18.2 Å². The van der Waals surface area contributed by atoms with Crippen LogP contribution in [0.2, 0.25) is 0 Å². The highest BCUT2D eigenvalue weighted by Gasteiger charge is 2.18. The van der Waals surface area contributed by atoms with E-state index in [1.165, 1.54) is 18.2 Å². The summed E-state index contributed by atoms with van der Waals surface area (Å²) in [4.78, 5) is 22.2. The van der Waals surface area contributed by atoms with E-state index in [1.807, 2.05) is 0 Å². The van der Waals surface area contributed by atoms with Gasteiger partial charge in [0.25, 0.3) is 0 Å². The van der Waals surface area contributed by atoms with Gasteiger partial charge in [0.15, 0.2) is 0 Å². The number of urea groups is 1. The fourth-order valence-electron chi connectivity index (χ4n) is 1.36. The summed E-state index contributed by atoms with van der Waals surface area (Å²) in [6, 6.07) is 3.90. The first-order valence-corrected chi connectivity index (χ1v) is 5.48. The predicted octanol–water partition coefficient (Wildman–Crippen LogP) is 1.10. The predicted molar refractivity (Wildman–Crippen MR) is 66.6 cm³/mol. The summed E-state index contributed by atoms with van der Waals surface area (Å²) in [5.74, 6) is 0.546. The Morgan fingerprint density at radius 2 is 2.21 bits per heavy atom. The maximum atomic E-state index is 12.9. The standard InChI is InChI=1S/C13H13FN2O3/c1-2-4-11(12(17)18)16-13(19)15-8-9-5-3-6-10(14)7-9/h1,3,5-7,11H,4,8H2,(H,17,18)(H2,15,16,19). The van der Waals surface area contributed by atoms with Gasteiger partial charge in [0, 0.05) is 13.0 Å². The highest BCUT2D eigenvalue weighted by atomic mass is 19.1. The Hall–Kier alpha value is -2.55. The molecule has 0 radical (unpaired) electrons. The minimum Gasteiger partial charge on any atom is -0.480 e. The molecular formula is C13H13FN2O3. The molecular weight excluding hydrogens is 251 g/mol. The minimum atomic E-state index is -1.21. The maximum Gasteiger partial charge on any atom is 0.327 e. The Morgan fingerprint density at radius 3 is 2.79 bits per heavy atom. The summed E-state index contributed by atoms with van der Waals surface area (Å²) in [6.07, 6.45) is 4.89. The molecule has 100 valence electrons. The number of carboxylic acid groups (broad SMARTS) is 1. The van der Waals surface area contributed by atoms with Gasteiger partial charge in [0.05, 0.1) is 0 Å². The number of rotatable bonds is 5. The Morgan fingerprint density at radius 1 is 1.47 bits per heavy atom. The zero-order chi connectivity index (χ0) is 14.3. The van der Waals surface area contributed by atoms with E-state index in [0.717, 1.165) is 0 Å². The van der Waals surface area contributed by atoms with E-state index in [1.54, 1.807) is 6.07 Å². The van der Waals surface area contributed by atoms with Gasteiger partial charge in [0.1, 0.15) is 11.9 Å². The number of amides is 2. The van der Waals surface area contributed by atoms with Gasteiger partial charge < -0.3 is 15.7 Å². The van der Waals surface area contributed by atoms with E-state index in [-0.39, 0.29) is 13.0 Å². The third kappa shape index (κ3) is 5.08. The van der Waals surface area contributed by atoms with Crippen LogP contribution in [0.25, 0.3) is 0 Å². The van der Waals surface area contributed by atoms with Gasteiger partial charge in [-0.15, -0.1) is 12.3 Å². The van der Waals surface area contributed by atoms with Crippen LogP contribution in [0.3, 0.4) is 0 Å². The van der Waals surface area contributed by atoms with Gasteiger partial charge in [-0.3, -0.25) is 0 Å². The molecule has 6 heteroatoms.